The summed E-state index contributed by atoms with van der Waals surface area (Å²) in [4.78, 5) is 48.8. The predicted molar refractivity (Wildman–Crippen MR) is 99.9 cm³/mol. The molecule has 2 aliphatic heterocycles. The number of nitro groups is 1. The number of rotatable bonds is 6. The molecular weight excluding hydrogens is 396 g/mol. The zero-order chi connectivity index (χ0) is 21.3. The first kappa shape index (κ1) is 20.0. The topological polar surface area (TPSA) is 125 Å². The Hall–Kier alpha value is -3.27. The van der Waals surface area contributed by atoms with E-state index in [9.17, 15) is 24.5 Å². The number of benzene rings is 1. The lowest BCUT2D eigenvalue weighted by Gasteiger charge is -2.20. The summed E-state index contributed by atoms with van der Waals surface area (Å²) < 4.78 is 15.8. The monoisotopic (exact) mass is 416 g/mol. The number of esters is 1. The number of non-ortho nitro benzene ring substituents is 1. The van der Waals surface area contributed by atoms with Crippen molar-refractivity contribution in [2.24, 2.45) is 11.8 Å². The van der Waals surface area contributed by atoms with Gasteiger partial charge in [-0.15, -0.1) is 0 Å². The molecule has 2 atom stereocenters. The minimum Gasteiger partial charge on any atom is -0.467 e. The van der Waals surface area contributed by atoms with E-state index < -0.39 is 10.9 Å². The molecule has 2 amide bonds. The standard InChI is InChI=1S/C20H20N2O8/c23-17(5-6-21-19(24)15-3-1-2-4-16(15)20(21)25)29-10-13-8-14(22(26)27)7-12-9-28-11-30-18(12)13/h1-2,7-8,15-16H,3-6,9-11H2/t15-,16-/m0/s1. The van der Waals surface area contributed by atoms with Crippen molar-refractivity contribution in [3.8, 4) is 5.75 Å². The minimum absolute atomic E-state index is 0.00211. The summed E-state index contributed by atoms with van der Waals surface area (Å²) in [7, 11) is 0. The van der Waals surface area contributed by atoms with Gasteiger partial charge in [-0.25, -0.2) is 0 Å². The molecule has 1 aliphatic carbocycles. The molecule has 0 unspecified atom stereocenters. The number of hydrogen-bond acceptors (Lipinski definition) is 8. The number of ether oxygens (including phenoxy) is 3. The molecule has 10 nitrogen and oxygen atoms in total. The van der Waals surface area contributed by atoms with Gasteiger partial charge in [0.1, 0.15) is 12.4 Å². The van der Waals surface area contributed by atoms with Crippen molar-refractivity contribution in [3.05, 3.63) is 45.5 Å². The Morgan fingerprint density at radius 2 is 1.90 bits per heavy atom. The predicted octanol–water partition coefficient (Wildman–Crippen LogP) is 1.85. The van der Waals surface area contributed by atoms with Gasteiger partial charge in [0.15, 0.2) is 6.79 Å². The number of fused-ring (bicyclic) bond motifs is 2. The molecule has 4 rings (SSSR count). The van der Waals surface area contributed by atoms with Crippen LogP contribution in [-0.2, 0) is 37.1 Å². The van der Waals surface area contributed by atoms with Crippen molar-refractivity contribution in [2.45, 2.75) is 32.5 Å². The molecule has 1 aromatic rings. The van der Waals surface area contributed by atoms with E-state index in [1.165, 1.54) is 12.1 Å². The highest BCUT2D eigenvalue weighted by Gasteiger charge is 2.46. The molecule has 1 aromatic carbocycles. The quantitative estimate of drug-likeness (QED) is 0.226. The Kier molecular flexibility index (Phi) is 5.49. The van der Waals surface area contributed by atoms with Gasteiger partial charge in [0.05, 0.1) is 29.8 Å². The largest absolute Gasteiger partial charge is 0.467 e. The van der Waals surface area contributed by atoms with Crippen molar-refractivity contribution in [1.29, 1.82) is 0 Å². The minimum atomic E-state index is -0.615. The van der Waals surface area contributed by atoms with Gasteiger partial charge in [-0.2, -0.15) is 0 Å². The van der Waals surface area contributed by atoms with Crippen LogP contribution in [0.5, 0.6) is 5.75 Å². The third-order valence-electron chi connectivity index (χ3n) is 5.51. The molecule has 0 radical (unpaired) electrons. The number of allylic oxidation sites excluding steroid dienone is 2. The lowest BCUT2D eigenvalue weighted by molar-refractivity contribution is -0.385. The van der Waals surface area contributed by atoms with Gasteiger partial charge < -0.3 is 14.2 Å². The van der Waals surface area contributed by atoms with Crippen LogP contribution in [0.25, 0.3) is 0 Å². The Labute approximate surface area is 171 Å². The van der Waals surface area contributed by atoms with E-state index in [1.54, 1.807) is 0 Å². The maximum absolute atomic E-state index is 12.4. The van der Waals surface area contributed by atoms with E-state index in [4.69, 9.17) is 14.2 Å². The van der Waals surface area contributed by atoms with Crippen LogP contribution >= 0.6 is 0 Å². The van der Waals surface area contributed by atoms with E-state index in [0.717, 1.165) is 4.90 Å². The van der Waals surface area contributed by atoms with Gasteiger partial charge in [0.2, 0.25) is 11.8 Å². The van der Waals surface area contributed by atoms with Gasteiger partial charge in [-0.05, 0) is 12.8 Å². The van der Waals surface area contributed by atoms with Gasteiger partial charge in [-0.1, -0.05) is 12.2 Å². The first-order valence-corrected chi connectivity index (χ1v) is 9.62. The average Bonchev–Trinajstić information content (AvgIpc) is 3.00. The summed E-state index contributed by atoms with van der Waals surface area (Å²) in [6.45, 7) is -0.0999. The van der Waals surface area contributed by atoms with Crippen LogP contribution in [-0.4, -0.2) is 40.9 Å². The summed E-state index contributed by atoms with van der Waals surface area (Å²) in [5.74, 6) is -1.38. The van der Waals surface area contributed by atoms with E-state index in [-0.39, 0.29) is 62.3 Å². The molecule has 0 spiro atoms. The van der Waals surface area contributed by atoms with E-state index in [2.05, 4.69) is 0 Å². The van der Waals surface area contributed by atoms with Crippen LogP contribution in [0.2, 0.25) is 0 Å². The zero-order valence-corrected chi connectivity index (χ0v) is 16.1. The molecule has 0 saturated carbocycles. The molecule has 0 bridgehead atoms. The van der Waals surface area contributed by atoms with Crippen molar-refractivity contribution < 1.29 is 33.5 Å². The fourth-order valence-corrected chi connectivity index (χ4v) is 4.02. The number of likely N-dealkylation sites (tertiary alicyclic amines) is 1. The molecular formula is C20H20N2O8. The number of nitrogens with zero attached hydrogens (tertiary/aromatic N) is 2. The maximum atomic E-state index is 12.4. The van der Waals surface area contributed by atoms with Crippen LogP contribution < -0.4 is 4.74 Å². The third kappa shape index (κ3) is 3.78. The summed E-state index contributed by atoms with van der Waals surface area (Å²) in [5, 5.41) is 11.1. The van der Waals surface area contributed by atoms with Gasteiger partial charge in [-0.3, -0.25) is 29.4 Å². The van der Waals surface area contributed by atoms with Crippen molar-refractivity contribution in [3.63, 3.8) is 0 Å². The molecule has 2 heterocycles. The maximum Gasteiger partial charge on any atom is 0.307 e. The molecule has 158 valence electrons. The Balaban J connectivity index is 1.37. The van der Waals surface area contributed by atoms with E-state index in [1.807, 2.05) is 12.2 Å². The van der Waals surface area contributed by atoms with Crippen LogP contribution in [0.4, 0.5) is 5.69 Å². The van der Waals surface area contributed by atoms with Crippen molar-refractivity contribution >= 4 is 23.5 Å². The molecule has 3 aliphatic rings. The van der Waals surface area contributed by atoms with Crippen molar-refractivity contribution in [2.75, 3.05) is 13.3 Å². The number of carbonyl (C=O) groups excluding carboxylic acids is 3. The highest BCUT2D eigenvalue weighted by molar-refractivity contribution is 6.05. The van der Waals surface area contributed by atoms with E-state index >= 15 is 0 Å². The number of amides is 2. The second-order valence-electron chi connectivity index (χ2n) is 7.36. The average molecular weight is 416 g/mol. The fraction of sp³-hybridized carbons (Fsp3) is 0.450. The molecule has 1 saturated heterocycles. The van der Waals surface area contributed by atoms with Crippen LogP contribution in [0, 0.1) is 22.0 Å². The van der Waals surface area contributed by atoms with Crippen molar-refractivity contribution in [1.82, 2.24) is 4.90 Å². The van der Waals surface area contributed by atoms with Crippen LogP contribution in [0.1, 0.15) is 30.4 Å². The Bertz CT molecular complexity index is 915. The SMILES string of the molecule is O=C(CCN1C(=O)[C@H]2CC=CC[C@@H]2C1=O)OCc1cc([N+](=O)[O-])cc2c1OCOC2. The normalized spacial score (nSPS) is 22.3. The van der Waals surface area contributed by atoms with Gasteiger partial charge in [0.25, 0.3) is 5.69 Å². The molecule has 1 fully saturated rings. The van der Waals surface area contributed by atoms with E-state index in [0.29, 0.717) is 29.7 Å². The smallest absolute Gasteiger partial charge is 0.307 e. The highest BCUT2D eigenvalue weighted by atomic mass is 16.7. The molecule has 30 heavy (non-hydrogen) atoms. The number of carbonyl (C=O) groups is 3. The van der Waals surface area contributed by atoms with Crippen LogP contribution in [0.3, 0.4) is 0 Å². The Morgan fingerprint density at radius 3 is 2.57 bits per heavy atom. The second-order valence-corrected chi connectivity index (χ2v) is 7.36. The second kappa shape index (κ2) is 8.23. The summed E-state index contributed by atoms with van der Waals surface area (Å²) >= 11 is 0. The van der Waals surface area contributed by atoms with Gasteiger partial charge >= 0.3 is 5.97 Å². The summed E-state index contributed by atoms with van der Waals surface area (Å²) in [6, 6.07) is 2.65. The number of nitro benzene ring substituents is 1. The number of imide groups is 1. The Morgan fingerprint density at radius 1 is 1.20 bits per heavy atom. The first-order chi connectivity index (χ1) is 14.5. The van der Waals surface area contributed by atoms with Gasteiger partial charge in [0, 0.05) is 29.8 Å². The lowest BCUT2D eigenvalue weighted by atomic mass is 9.85. The zero-order valence-electron chi connectivity index (χ0n) is 16.1. The van der Waals surface area contributed by atoms with Crippen LogP contribution in [0.15, 0.2) is 24.3 Å². The lowest BCUT2D eigenvalue weighted by Crippen LogP contribution is -2.33. The molecule has 0 aromatic heterocycles. The molecule has 10 heteroatoms. The third-order valence-corrected chi connectivity index (χ3v) is 5.51. The highest BCUT2D eigenvalue weighted by Crippen LogP contribution is 2.35. The molecule has 0 N–H and O–H groups in total. The fourth-order valence-electron chi connectivity index (χ4n) is 4.02. The first-order valence-electron chi connectivity index (χ1n) is 9.62. The summed E-state index contributed by atoms with van der Waals surface area (Å²) in [5.41, 5.74) is 0.714. The number of hydrogen-bond donors (Lipinski definition) is 0. The summed E-state index contributed by atoms with van der Waals surface area (Å²) in [6.07, 6.45) is 4.73.